The summed E-state index contributed by atoms with van der Waals surface area (Å²) < 4.78 is 20.2. The van der Waals surface area contributed by atoms with Crippen molar-refractivity contribution in [2.24, 2.45) is 0 Å². The van der Waals surface area contributed by atoms with Crippen LogP contribution in [0.25, 0.3) is 17.1 Å². The molecule has 1 heterocycles. The Bertz CT molecular complexity index is 1180. The largest absolute Gasteiger partial charge is 0.497 e. The predicted molar refractivity (Wildman–Crippen MR) is 112 cm³/mol. The number of aromatic nitrogens is 3. The molecule has 0 aliphatic heterocycles. The van der Waals surface area contributed by atoms with Crippen LogP contribution in [-0.4, -0.2) is 27.8 Å². The minimum atomic E-state index is -0.527. The van der Waals surface area contributed by atoms with Gasteiger partial charge in [0.1, 0.15) is 11.6 Å². The molecule has 0 saturated heterocycles. The molecule has 0 atom stereocenters. The number of methoxy groups -OCH3 is 1. The number of anilines is 1. The van der Waals surface area contributed by atoms with E-state index in [2.05, 4.69) is 15.4 Å². The maximum absolute atomic E-state index is 13.4. The van der Waals surface area contributed by atoms with Gasteiger partial charge in [-0.25, -0.2) is 14.1 Å². The number of hydrogen-bond donors (Lipinski definition) is 1. The minimum Gasteiger partial charge on any atom is -0.497 e. The van der Waals surface area contributed by atoms with Gasteiger partial charge in [0.15, 0.2) is 5.82 Å². The highest BCUT2D eigenvalue weighted by Crippen LogP contribution is 2.23. The van der Waals surface area contributed by atoms with Crippen molar-refractivity contribution in [2.45, 2.75) is 6.92 Å². The molecule has 0 saturated carbocycles. The molecule has 1 amide bonds. The van der Waals surface area contributed by atoms with Crippen LogP contribution in [0.1, 0.15) is 16.2 Å². The monoisotopic (exact) mass is 402 g/mol. The number of nitrogens with one attached hydrogen (secondary N) is 1. The number of carbonyl (C=O) groups is 1. The Balaban J connectivity index is 1.74. The molecule has 6 nitrogen and oxygen atoms in total. The number of ether oxygens (including phenoxy) is 1. The summed E-state index contributed by atoms with van der Waals surface area (Å²) in [5.41, 5.74) is 2.98. The van der Waals surface area contributed by atoms with Crippen LogP contribution >= 0.6 is 0 Å². The van der Waals surface area contributed by atoms with E-state index in [0.717, 1.165) is 16.8 Å². The van der Waals surface area contributed by atoms with Gasteiger partial charge in [-0.3, -0.25) is 4.79 Å². The van der Waals surface area contributed by atoms with E-state index < -0.39 is 11.7 Å². The molecule has 0 aliphatic carbocycles. The number of aryl methyl sites for hydroxylation is 1. The lowest BCUT2D eigenvalue weighted by molar-refractivity contribution is 0.101. The van der Waals surface area contributed by atoms with Crippen LogP contribution in [0.3, 0.4) is 0 Å². The zero-order chi connectivity index (χ0) is 21.1. The summed E-state index contributed by atoms with van der Waals surface area (Å²) in [5.74, 6) is 0.237. The summed E-state index contributed by atoms with van der Waals surface area (Å²) in [6.45, 7) is 2.00. The Kier molecular flexibility index (Phi) is 5.26. The fourth-order valence-corrected chi connectivity index (χ4v) is 2.95. The summed E-state index contributed by atoms with van der Waals surface area (Å²) in [6, 6.07) is 20.7. The SMILES string of the molecule is COc1ccc(-n2nc(C(=O)Nc3cccc(F)c3)nc2-c2ccc(C)cc2)cc1. The molecule has 0 aliphatic rings. The molecule has 150 valence electrons. The van der Waals surface area contributed by atoms with Crippen molar-refractivity contribution < 1.29 is 13.9 Å². The van der Waals surface area contributed by atoms with Crippen LogP contribution in [0.15, 0.2) is 72.8 Å². The van der Waals surface area contributed by atoms with E-state index in [1.807, 2.05) is 55.5 Å². The summed E-state index contributed by atoms with van der Waals surface area (Å²) >= 11 is 0. The van der Waals surface area contributed by atoms with Crippen molar-refractivity contribution in [3.8, 4) is 22.8 Å². The normalized spacial score (nSPS) is 10.6. The van der Waals surface area contributed by atoms with Gasteiger partial charge in [-0.05, 0) is 49.4 Å². The van der Waals surface area contributed by atoms with Gasteiger partial charge in [-0.2, -0.15) is 0 Å². The molecule has 30 heavy (non-hydrogen) atoms. The van der Waals surface area contributed by atoms with Gasteiger partial charge < -0.3 is 10.1 Å². The smallest absolute Gasteiger partial charge is 0.295 e. The first kappa shape index (κ1) is 19.3. The molecule has 3 aromatic carbocycles. The molecule has 1 aromatic heterocycles. The van der Waals surface area contributed by atoms with Crippen LogP contribution in [0, 0.1) is 12.7 Å². The number of hydrogen-bond acceptors (Lipinski definition) is 4. The second-order valence-corrected chi connectivity index (χ2v) is 6.70. The van der Waals surface area contributed by atoms with Gasteiger partial charge in [-0.15, -0.1) is 5.10 Å². The van der Waals surface area contributed by atoms with Crippen LogP contribution < -0.4 is 10.1 Å². The number of benzene rings is 3. The zero-order valence-corrected chi connectivity index (χ0v) is 16.5. The molecule has 0 bridgehead atoms. The third-order valence-electron chi connectivity index (χ3n) is 4.52. The molecule has 0 unspecified atom stereocenters. The molecule has 1 N–H and O–H groups in total. The van der Waals surface area contributed by atoms with Gasteiger partial charge in [-0.1, -0.05) is 35.9 Å². The summed E-state index contributed by atoms with van der Waals surface area (Å²) in [5, 5.41) is 7.04. The van der Waals surface area contributed by atoms with Crippen LogP contribution in [0.4, 0.5) is 10.1 Å². The van der Waals surface area contributed by atoms with Crippen LogP contribution in [-0.2, 0) is 0 Å². The van der Waals surface area contributed by atoms with Crippen molar-refractivity contribution in [2.75, 3.05) is 12.4 Å². The number of amides is 1. The Morgan fingerprint density at radius 2 is 1.77 bits per heavy atom. The van der Waals surface area contributed by atoms with Crippen molar-refractivity contribution >= 4 is 11.6 Å². The van der Waals surface area contributed by atoms with Crippen molar-refractivity contribution in [3.63, 3.8) is 0 Å². The van der Waals surface area contributed by atoms with E-state index in [9.17, 15) is 9.18 Å². The fraction of sp³-hybridized carbons (Fsp3) is 0.0870. The lowest BCUT2D eigenvalue weighted by atomic mass is 10.1. The Hall–Kier alpha value is -4.00. The lowest BCUT2D eigenvalue weighted by Crippen LogP contribution is -2.14. The molecular weight excluding hydrogens is 383 g/mol. The van der Waals surface area contributed by atoms with Gasteiger partial charge in [0, 0.05) is 11.3 Å². The molecule has 7 heteroatoms. The second-order valence-electron chi connectivity index (χ2n) is 6.70. The molecule has 0 spiro atoms. The quantitative estimate of drug-likeness (QED) is 0.528. The van der Waals surface area contributed by atoms with Gasteiger partial charge >= 0.3 is 0 Å². The third-order valence-corrected chi connectivity index (χ3v) is 4.52. The first-order valence-electron chi connectivity index (χ1n) is 9.29. The topological polar surface area (TPSA) is 69.0 Å². The molecule has 0 fully saturated rings. The van der Waals surface area contributed by atoms with Gasteiger partial charge in [0.25, 0.3) is 5.91 Å². The molecular formula is C23H19FN4O2. The maximum Gasteiger partial charge on any atom is 0.295 e. The Morgan fingerprint density at radius 3 is 2.43 bits per heavy atom. The predicted octanol–water partition coefficient (Wildman–Crippen LogP) is 4.64. The van der Waals surface area contributed by atoms with Crippen molar-refractivity contribution in [3.05, 3.63) is 90.0 Å². The summed E-state index contributed by atoms with van der Waals surface area (Å²) in [6.07, 6.45) is 0. The van der Waals surface area contributed by atoms with Gasteiger partial charge in [0.2, 0.25) is 5.82 Å². The number of halogens is 1. The average Bonchev–Trinajstić information content (AvgIpc) is 3.20. The highest BCUT2D eigenvalue weighted by atomic mass is 19.1. The zero-order valence-electron chi connectivity index (χ0n) is 16.5. The van der Waals surface area contributed by atoms with Crippen LogP contribution in [0.5, 0.6) is 5.75 Å². The number of rotatable bonds is 5. The molecule has 4 aromatic rings. The third kappa shape index (κ3) is 4.05. The highest BCUT2D eigenvalue weighted by molar-refractivity contribution is 6.01. The first-order chi connectivity index (χ1) is 14.5. The fourth-order valence-electron chi connectivity index (χ4n) is 2.95. The summed E-state index contributed by atoms with van der Waals surface area (Å²) in [4.78, 5) is 17.2. The molecule has 4 rings (SSSR count). The standard InChI is InChI=1S/C23H19FN4O2/c1-15-6-8-16(9-7-15)22-26-21(23(29)25-18-5-3-4-17(24)14-18)27-28(22)19-10-12-20(30-2)13-11-19/h3-14H,1-2H3,(H,25,29). The molecule has 0 radical (unpaired) electrons. The number of carbonyl (C=O) groups excluding carboxylic acids is 1. The number of nitrogens with zero attached hydrogens (tertiary/aromatic N) is 3. The average molecular weight is 402 g/mol. The van der Waals surface area contributed by atoms with E-state index in [1.165, 1.54) is 18.2 Å². The highest BCUT2D eigenvalue weighted by Gasteiger charge is 2.19. The lowest BCUT2D eigenvalue weighted by Gasteiger charge is -2.07. The van der Waals surface area contributed by atoms with Gasteiger partial charge in [0.05, 0.1) is 12.8 Å². The van der Waals surface area contributed by atoms with Crippen LogP contribution in [0.2, 0.25) is 0 Å². The second kappa shape index (κ2) is 8.16. The minimum absolute atomic E-state index is 0.0225. The first-order valence-corrected chi connectivity index (χ1v) is 9.29. The van der Waals surface area contributed by atoms with E-state index in [4.69, 9.17) is 4.74 Å². The van der Waals surface area contributed by atoms with E-state index in [0.29, 0.717) is 17.3 Å². The maximum atomic E-state index is 13.4. The van der Waals surface area contributed by atoms with E-state index in [-0.39, 0.29) is 5.82 Å². The van der Waals surface area contributed by atoms with E-state index >= 15 is 0 Å². The van der Waals surface area contributed by atoms with E-state index in [1.54, 1.807) is 17.9 Å². The Labute approximate surface area is 173 Å². The summed E-state index contributed by atoms with van der Waals surface area (Å²) in [7, 11) is 1.59. The Morgan fingerprint density at radius 1 is 1.03 bits per heavy atom. The van der Waals surface area contributed by atoms with Crippen molar-refractivity contribution in [1.82, 2.24) is 14.8 Å². The van der Waals surface area contributed by atoms with Crippen molar-refractivity contribution in [1.29, 1.82) is 0 Å².